The fourth-order valence-electron chi connectivity index (χ4n) is 2.26. The van der Waals surface area contributed by atoms with Gasteiger partial charge in [0.05, 0.1) is 15.2 Å². The molecule has 0 bridgehead atoms. The van der Waals surface area contributed by atoms with Gasteiger partial charge in [0.2, 0.25) is 0 Å². The third-order valence-corrected chi connectivity index (χ3v) is 3.07. The first-order chi connectivity index (χ1) is 9.57. The largest absolute Gasteiger partial charge is 0.492 e. The molecule has 1 unspecified atom stereocenters. The maximum atomic E-state index is 8.73. The topological polar surface area (TPSA) is 18.5 Å². The first kappa shape index (κ1) is 6.70. The minimum absolute atomic E-state index is 0.443. The summed E-state index contributed by atoms with van der Waals surface area (Å²) in [5.41, 5.74) is 1.03. The first-order valence-electron chi connectivity index (χ1n) is 7.12. The van der Waals surface area contributed by atoms with Crippen molar-refractivity contribution in [2.45, 2.75) is 12.0 Å². The number of rotatable bonds is 0. The van der Waals surface area contributed by atoms with Gasteiger partial charge in [-0.15, -0.1) is 0 Å². The Morgan fingerprint density at radius 3 is 2.59 bits per heavy atom. The van der Waals surface area contributed by atoms with E-state index in [4.69, 9.17) is 13.6 Å². The highest BCUT2D eigenvalue weighted by Crippen LogP contribution is 2.50. The predicted molar refractivity (Wildman–Crippen MR) is 64.5 cm³/mol. The molecule has 2 heteroatoms. The molecular formula is C15H12O2. The summed E-state index contributed by atoms with van der Waals surface area (Å²) in [7, 11) is 0. The molecule has 3 atom stereocenters. The smallest absolute Gasteiger partial charge is 0.138 e. The highest BCUT2D eigenvalue weighted by atomic mass is 16.5. The van der Waals surface area contributed by atoms with Crippen LogP contribution in [-0.4, -0.2) is 6.58 Å². The van der Waals surface area contributed by atoms with Crippen molar-refractivity contribution in [1.82, 2.24) is 0 Å². The van der Waals surface area contributed by atoms with E-state index in [-0.39, 0.29) is 0 Å². The Morgan fingerprint density at radius 2 is 1.71 bits per heavy atom. The summed E-state index contributed by atoms with van der Waals surface area (Å²) >= 11 is 0. The molecule has 84 valence electrons. The van der Waals surface area contributed by atoms with Crippen molar-refractivity contribution in [3.8, 4) is 11.5 Å². The Balaban J connectivity index is 2.03. The van der Waals surface area contributed by atoms with Crippen LogP contribution in [-0.2, 0) is 0 Å². The fourth-order valence-corrected chi connectivity index (χ4v) is 2.26. The predicted octanol–water partition coefficient (Wildman–Crippen LogP) is 3.30. The van der Waals surface area contributed by atoms with Crippen LogP contribution in [0.1, 0.15) is 27.2 Å². The number of hydrogen-bond acceptors (Lipinski definition) is 2. The molecule has 0 amide bonds. The van der Waals surface area contributed by atoms with Crippen LogP contribution >= 0.6 is 0 Å². The quantitative estimate of drug-likeness (QED) is 0.687. The molecule has 0 aliphatic carbocycles. The van der Waals surface area contributed by atoms with Crippen LogP contribution in [0.25, 0.3) is 0 Å². The SMILES string of the molecule is [2H]C1Oc2ccccc2[C@@]2([2H])Oc3ccccc3[C@@]12[2H]. The zero-order valence-electron chi connectivity index (χ0n) is 12.0. The summed E-state index contributed by atoms with van der Waals surface area (Å²) in [6.07, 6.45) is -1.65. The number of para-hydroxylation sites is 2. The Kier molecular flexibility index (Phi) is 1.29. The molecule has 0 saturated heterocycles. The van der Waals surface area contributed by atoms with Gasteiger partial charge in [-0.3, -0.25) is 0 Å². The van der Waals surface area contributed by atoms with Gasteiger partial charge >= 0.3 is 0 Å². The lowest BCUT2D eigenvalue weighted by Crippen LogP contribution is -2.22. The van der Waals surface area contributed by atoms with Gasteiger partial charge < -0.3 is 9.47 Å². The molecule has 2 aromatic carbocycles. The summed E-state index contributed by atoms with van der Waals surface area (Å²) in [6, 6.07) is 14.1. The maximum Gasteiger partial charge on any atom is 0.138 e. The number of fused-ring (bicyclic) bond motifs is 5. The van der Waals surface area contributed by atoms with Gasteiger partial charge in [0.1, 0.15) is 17.6 Å². The lowest BCUT2D eigenvalue weighted by atomic mass is 9.89. The molecule has 2 aromatic rings. The molecule has 2 heterocycles. The normalized spacial score (nSPS) is 39.5. The van der Waals surface area contributed by atoms with Crippen LogP contribution in [0.4, 0.5) is 0 Å². The summed E-state index contributed by atoms with van der Waals surface area (Å²) in [4.78, 5) is 0. The molecule has 17 heavy (non-hydrogen) atoms. The summed E-state index contributed by atoms with van der Waals surface area (Å²) in [5, 5.41) is 0. The van der Waals surface area contributed by atoms with Crippen LogP contribution in [0.2, 0.25) is 0 Å². The number of ether oxygens (including phenoxy) is 2. The maximum absolute atomic E-state index is 8.73. The van der Waals surface area contributed by atoms with Crippen molar-refractivity contribution < 1.29 is 13.6 Å². The monoisotopic (exact) mass is 227 g/mol. The van der Waals surface area contributed by atoms with Crippen LogP contribution < -0.4 is 9.47 Å². The van der Waals surface area contributed by atoms with Crippen LogP contribution in [0.15, 0.2) is 48.5 Å². The highest BCUT2D eigenvalue weighted by Gasteiger charge is 2.40. The van der Waals surface area contributed by atoms with Crippen molar-refractivity contribution in [3.05, 3.63) is 59.7 Å². The molecule has 2 nitrogen and oxygen atoms in total. The van der Waals surface area contributed by atoms with Crippen molar-refractivity contribution in [2.24, 2.45) is 0 Å². The lowest BCUT2D eigenvalue weighted by molar-refractivity contribution is 0.139. The summed E-state index contributed by atoms with van der Waals surface area (Å²) in [5.74, 6) is -0.675. The highest BCUT2D eigenvalue weighted by molar-refractivity contribution is 5.48. The lowest BCUT2D eigenvalue weighted by Gasteiger charge is -2.27. The van der Waals surface area contributed by atoms with E-state index in [2.05, 4.69) is 0 Å². The van der Waals surface area contributed by atoms with E-state index < -0.39 is 18.6 Å². The molecule has 2 aliphatic heterocycles. The third kappa shape index (κ3) is 1.21. The van der Waals surface area contributed by atoms with Crippen molar-refractivity contribution >= 4 is 0 Å². The molecule has 0 spiro atoms. The van der Waals surface area contributed by atoms with E-state index >= 15 is 0 Å². The molecule has 0 N–H and O–H groups in total. The number of hydrogen-bond donors (Lipinski definition) is 0. The minimum Gasteiger partial charge on any atom is -0.492 e. The zero-order chi connectivity index (χ0) is 14.0. The molecule has 4 rings (SSSR count). The second-order valence-corrected chi connectivity index (χ2v) is 4.07. The first-order valence-corrected chi connectivity index (χ1v) is 5.54. The van der Waals surface area contributed by atoms with E-state index in [0.717, 1.165) is 0 Å². The van der Waals surface area contributed by atoms with E-state index in [9.17, 15) is 0 Å². The van der Waals surface area contributed by atoms with Crippen molar-refractivity contribution in [2.75, 3.05) is 6.58 Å². The Bertz CT molecular complexity index is 705. The molecule has 0 fully saturated rings. The summed E-state index contributed by atoms with van der Waals surface area (Å²) in [6.45, 7) is -1.21. The average molecular weight is 227 g/mol. The van der Waals surface area contributed by atoms with Gasteiger partial charge in [-0.05, 0) is 12.1 Å². The summed E-state index contributed by atoms with van der Waals surface area (Å²) < 4.78 is 37.0. The van der Waals surface area contributed by atoms with E-state index in [0.29, 0.717) is 22.6 Å². The molecule has 0 saturated carbocycles. The number of benzene rings is 2. The zero-order valence-corrected chi connectivity index (χ0v) is 9.01. The van der Waals surface area contributed by atoms with Crippen LogP contribution in [0.3, 0.4) is 0 Å². The molecule has 0 radical (unpaired) electrons. The Morgan fingerprint density at radius 1 is 1.00 bits per heavy atom. The third-order valence-electron chi connectivity index (χ3n) is 3.07. The second kappa shape index (κ2) is 3.27. The Hall–Kier alpha value is -1.96. The van der Waals surface area contributed by atoms with Gasteiger partial charge in [0, 0.05) is 12.5 Å². The van der Waals surface area contributed by atoms with Crippen molar-refractivity contribution in [1.29, 1.82) is 0 Å². The molecule has 2 aliphatic rings. The fraction of sp³-hybridized carbons (Fsp3) is 0.200. The van der Waals surface area contributed by atoms with Crippen LogP contribution in [0, 0.1) is 0 Å². The average Bonchev–Trinajstić information content (AvgIpc) is 2.70. The Labute approximate surface area is 104 Å². The van der Waals surface area contributed by atoms with Gasteiger partial charge in [-0.1, -0.05) is 36.4 Å². The minimum atomic E-state index is -1.65. The molecular weight excluding hydrogens is 212 g/mol. The van der Waals surface area contributed by atoms with E-state index in [1.165, 1.54) is 0 Å². The van der Waals surface area contributed by atoms with E-state index in [1.807, 2.05) is 0 Å². The van der Waals surface area contributed by atoms with Crippen molar-refractivity contribution in [3.63, 3.8) is 0 Å². The van der Waals surface area contributed by atoms with Gasteiger partial charge in [-0.2, -0.15) is 0 Å². The van der Waals surface area contributed by atoms with Gasteiger partial charge in [0.25, 0.3) is 0 Å². The van der Waals surface area contributed by atoms with Gasteiger partial charge in [0.15, 0.2) is 0 Å². The van der Waals surface area contributed by atoms with Gasteiger partial charge in [-0.25, -0.2) is 0 Å². The van der Waals surface area contributed by atoms with Crippen LogP contribution in [0.5, 0.6) is 11.5 Å². The van der Waals surface area contributed by atoms with E-state index in [1.54, 1.807) is 48.5 Å². The molecule has 0 aromatic heterocycles. The second-order valence-electron chi connectivity index (χ2n) is 4.07. The standard InChI is InChI=1S/C15H12O2/c1-4-8-14-10(5-1)12-9-16-13-7-3-2-6-11(13)15(12)17-14/h1-8,12,15H,9H2/t12-,15-/m1/s1/i9D,12D,15D/t9?,12-,15-.